The van der Waals surface area contributed by atoms with E-state index in [4.69, 9.17) is 4.74 Å². The van der Waals surface area contributed by atoms with E-state index >= 15 is 0 Å². The second kappa shape index (κ2) is 9.89. The summed E-state index contributed by atoms with van der Waals surface area (Å²) < 4.78 is 5.38. The van der Waals surface area contributed by atoms with Gasteiger partial charge in [-0.2, -0.15) is 0 Å². The van der Waals surface area contributed by atoms with Crippen LogP contribution in [0.1, 0.15) is 25.3 Å². The molecule has 6 nitrogen and oxygen atoms in total. The molecule has 26 heavy (non-hydrogen) atoms. The molecule has 0 radical (unpaired) electrons. The van der Waals surface area contributed by atoms with Crippen molar-refractivity contribution in [3.8, 4) is 17.1 Å². The summed E-state index contributed by atoms with van der Waals surface area (Å²) in [5, 5.41) is 3.20. The molecule has 0 bridgehead atoms. The Morgan fingerprint density at radius 1 is 0.923 bits per heavy atom. The fraction of sp³-hybridized carbons (Fsp3) is 0.222. The van der Waals surface area contributed by atoms with Crippen molar-refractivity contribution in [3.63, 3.8) is 0 Å². The number of rotatable bonds is 5. The maximum Gasteiger partial charge on any atom is 0.175 e. The Labute approximate surface area is 165 Å². The first kappa shape index (κ1) is 21.6. The van der Waals surface area contributed by atoms with E-state index in [-0.39, 0.29) is 24.8 Å². The molecule has 0 saturated heterocycles. The molecule has 0 aromatic carbocycles. The van der Waals surface area contributed by atoms with Crippen molar-refractivity contribution in [1.82, 2.24) is 19.9 Å². The normalized spacial score (nSPS) is 9.85. The van der Waals surface area contributed by atoms with Crippen LogP contribution in [0, 0.1) is 0 Å². The number of nitrogens with one attached hydrogen (secondary N) is 1. The minimum Gasteiger partial charge on any atom is -0.493 e. The van der Waals surface area contributed by atoms with Gasteiger partial charge in [-0.3, -0.25) is 9.97 Å². The zero-order valence-electron chi connectivity index (χ0n) is 14.7. The molecule has 0 saturated carbocycles. The summed E-state index contributed by atoms with van der Waals surface area (Å²) in [4.78, 5) is 17.4. The van der Waals surface area contributed by atoms with E-state index in [0.29, 0.717) is 34.7 Å². The van der Waals surface area contributed by atoms with E-state index in [1.54, 1.807) is 25.7 Å². The highest BCUT2D eigenvalue weighted by molar-refractivity contribution is 5.85. The third kappa shape index (κ3) is 5.03. The van der Waals surface area contributed by atoms with Gasteiger partial charge in [-0.05, 0) is 29.7 Å². The Morgan fingerprint density at radius 3 is 2.31 bits per heavy atom. The first-order valence-corrected chi connectivity index (χ1v) is 7.72. The molecule has 3 aromatic rings. The van der Waals surface area contributed by atoms with Crippen LogP contribution in [0.15, 0.2) is 49.1 Å². The highest BCUT2D eigenvalue weighted by Gasteiger charge is 2.10. The summed E-state index contributed by atoms with van der Waals surface area (Å²) >= 11 is 0. The van der Waals surface area contributed by atoms with Crippen LogP contribution in [-0.2, 0) is 0 Å². The van der Waals surface area contributed by atoms with Crippen molar-refractivity contribution >= 4 is 36.4 Å². The molecule has 0 unspecified atom stereocenters. The van der Waals surface area contributed by atoms with Gasteiger partial charge < -0.3 is 10.1 Å². The van der Waals surface area contributed by atoms with Crippen LogP contribution in [0.3, 0.4) is 0 Å². The molecule has 0 fully saturated rings. The van der Waals surface area contributed by atoms with Crippen LogP contribution in [0.5, 0.6) is 5.75 Å². The standard InChI is InChI=1S/C18H19N5O.2ClH/c1-12(2)13-4-7-17(21-10-13)23-18-16(24-3)6-5-14(22-18)15-11-19-8-9-20-15;;/h4-12H,1-3H3,(H,21,22,23);2*1H. The minimum absolute atomic E-state index is 0. The Hall–Kier alpha value is -2.44. The molecule has 3 rings (SSSR count). The second-order valence-corrected chi connectivity index (χ2v) is 5.59. The maximum atomic E-state index is 5.38. The molecule has 0 spiro atoms. The lowest BCUT2D eigenvalue weighted by Gasteiger charge is -2.12. The van der Waals surface area contributed by atoms with Gasteiger partial charge >= 0.3 is 0 Å². The fourth-order valence-electron chi connectivity index (χ4n) is 2.22. The molecule has 8 heteroatoms. The van der Waals surface area contributed by atoms with Gasteiger partial charge in [0.25, 0.3) is 0 Å². The summed E-state index contributed by atoms with van der Waals surface area (Å²) in [7, 11) is 1.61. The Bertz CT molecular complexity index is 814. The Kier molecular flexibility index (Phi) is 8.22. The lowest BCUT2D eigenvalue weighted by molar-refractivity contribution is 0.415. The number of pyridine rings is 2. The third-order valence-electron chi connectivity index (χ3n) is 3.60. The highest BCUT2D eigenvalue weighted by atomic mass is 35.5. The van der Waals surface area contributed by atoms with Crippen LogP contribution in [0.25, 0.3) is 11.4 Å². The zero-order chi connectivity index (χ0) is 16.9. The number of hydrogen-bond donors (Lipinski definition) is 1. The van der Waals surface area contributed by atoms with E-state index in [0.717, 1.165) is 0 Å². The van der Waals surface area contributed by atoms with Crippen molar-refractivity contribution < 1.29 is 4.74 Å². The van der Waals surface area contributed by atoms with Gasteiger partial charge in [0.1, 0.15) is 11.5 Å². The SMILES string of the molecule is COc1ccc(-c2cnccn2)nc1Nc1ccc(C(C)C)cn1.Cl.Cl. The summed E-state index contributed by atoms with van der Waals surface area (Å²) in [6.07, 6.45) is 6.81. The zero-order valence-corrected chi connectivity index (χ0v) is 16.3. The first-order chi connectivity index (χ1) is 11.7. The minimum atomic E-state index is 0. The number of halogens is 2. The van der Waals surface area contributed by atoms with Gasteiger partial charge in [0, 0.05) is 18.6 Å². The predicted molar refractivity (Wildman–Crippen MR) is 108 cm³/mol. The van der Waals surface area contributed by atoms with Gasteiger partial charge in [-0.25, -0.2) is 9.97 Å². The lowest BCUT2D eigenvalue weighted by Crippen LogP contribution is -2.01. The number of ether oxygens (including phenoxy) is 1. The molecule has 3 heterocycles. The summed E-state index contributed by atoms with van der Waals surface area (Å²) in [6, 6.07) is 7.69. The topological polar surface area (TPSA) is 72.8 Å². The second-order valence-electron chi connectivity index (χ2n) is 5.59. The van der Waals surface area contributed by atoms with Gasteiger partial charge in [-0.15, -0.1) is 24.8 Å². The molecule has 0 aliphatic rings. The van der Waals surface area contributed by atoms with Crippen molar-refractivity contribution in [3.05, 3.63) is 54.6 Å². The summed E-state index contributed by atoms with van der Waals surface area (Å²) in [6.45, 7) is 4.28. The molecule has 0 amide bonds. The molecule has 1 N–H and O–H groups in total. The maximum absolute atomic E-state index is 5.38. The van der Waals surface area contributed by atoms with Crippen LogP contribution < -0.4 is 10.1 Å². The van der Waals surface area contributed by atoms with Crippen LogP contribution in [-0.4, -0.2) is 27.0 Å². The largest absolute Gasteiger partial charge is 0.493 e. The van der Waals surface area contributed by atoms with E-state index in [1.165, 1.54) is 5.56 Å². The fourth-order valence-corrected chi connectivity index (χ4v) is 2.22. The molecule has 3 aromatic heterocycles. The van der Waals surface area contributed by atoms with Gasteiger partial charge in [0.05, 0.1) is 19.0 Å². The molecular weight excluding hydrogens is 373 g/mol. The van der Waals surface area contributed by atoms with Crippen LogP contribution in [0.4, 0.5) is 11.6 Å². The van der Waals surface area contributed by atoms with E-state index in [1.807, 2.05) is 24.4 Å². The van der Waals surface area contributed by atoms with E-state index in [2.05, 4.69) is 45.2 Å². The van der Waals surface area contributed by atoms with E-state index < -0.39 is 0 Å². The van der Waals surface area contributed by atoms with Crippen molar-refractivity contribution in [1.29, 1.82) is 0 Å². The average molecular weight is 394 g/mol. The van der Waals surface area contributed by atoms with Crippen molar-refractivity contribution in [2.75, 3.05) is 12.4 Å². The molecule has 0 aliphatic heterocycles. The quantitative estimate of drug-likeness (QED) is 0.679. The Balaban J connectivity index is 0.00000169. The summed E-state index contributed by atoms with van der Waals surface area (Å²) in [5.41, 5.74) is 2.60. The molecule has 0 atom stereocenters. The first-order valence-electron chi connectivity index (χ1n) is 7.72. The predicted octanol–water partition coefficient (Wildman–Crippen LogP) is 4.65. The summed E-state index contributed by atoms with van der Waals surface area (Å²) in [5.74, 6) is 2.38. The van der Waals surface area contributed by atoms with Gasteiger partial charge in [-0.1, -0.05) is 19.9 Å². The van der Waals surface area contributed by atoms with Crippen LogP contribution in [0.2, 0.25) is 0 Å². The third-order valence-corrected chi connectivity index (χ3v) is 3.60. The number of anilines is 2. The smallest absolute Gasteiger partial charge is 0.175 e. The number of aromatic nitrogens is 4. The molecule has 0 aliphatic carbocycles. The lowest BCUT2D eigenvalue weighted by atomic mass is 10.1. The number of hydrogen-bond acceptors (Lipinski definition) is 6. The average Bonchev–Trinajstić information content (AvgIpc) is 2.63. The van der Waals surface area contributed by atoms with Crippen LogP contribution >= 0.6 is 24.8 Å². The molecule has 138 valence electrons. The van der Waals surface area contributed by atoms with Gasteiger partial charge in [0.2, 0.25) is 0 Å². The Morgan fingerprint density at radius 2 is 1.73 bits per heavy atom. The molecular formula is C18H21Cl2N5O. The van der Waals surface area contributed by atoms with E-state index in [9.17, 15) is 0 Å². The monoisotopic (exact) mass is 393 g/mol. The number of nitrogens with zero attached hydrogens (tertiary/aromatic N) is 4. The number of methoxy groups -OCH3 is 1. The van der Waals surface area contributed by atoms with Crippen molar-refractivity contribution in [2.24, 2.45) is 0 Å². The van der Waals surface area contributed by atoms with Crippen molar-refractivity contribution in [2.45, 2.75) is 19.8 Å². The highest BCUT2D eigenvalue weighted by Crippen LogP contribution is 2.28. The van der Waals surface area contributed by atoms with Gasteiger partial charge in [0.15, 0.2) is 11.6 Å².